The molecule has 8 heteroatoms. The Kier molecular flexibility index (Phi) is 3.04. The number of hydrogen-bond donors (Lipinski definition) is 0. The summed E-state index contributed by atoms with van der Waals surface area (Å²) in [7, 11) is -5.45. The molecule has 0 N–H and O–H groups in total. The number of nitrogens with zero attached hydrogens (tertiary/aromatic N) is 1. The molecule has 0 fully saturated rings. The summed E-state index contributed by atoms with van der Waals surface area (Å²) in [6, 6.07) is 0.651. The van der Waals surface area contributed by atoms with Gasteiger partial charge in [-0.25, -0.2) is 8.42 Å². The van der Waals surface area contributed by atoms with Crippen molar-refractivity contribution in [2.75, 3.05) is 0 Å². The summed E-state index contributed by atoms with van der Waals surface area (Å²) in [4.78, 5) is 13.1. The molecule has 1 aromatic rings. The van der Waals surface area contributed by atoms with E-state index in [0.717, 1.165) is 13.1 Å². The number of Topliss-reactive ketones (excluding diaryl/α,β-unsaturated/α-hetero) is 1. The smallest absolute Gasteiger partial charge is 0.294 e. The van der Waals surface area contributed by atoms with Crippen molar-refractivity contribution in [1.29, 1.82) is 0 Å². The molecule has 0 saturated carbocycles. The van der Waals surface area contributed by atoms with E-state index < -0.39 is 26.0 Å². The van der Waals surface area contributed by atoms with Crippen LogP contribution in [0.5, 0.6) is 0 Å². The van der Waals surface area contributed by atoms with Gasteiger partial charge in [0.25, 0.3) is 9.84 Å². The summed E-state index contributed by atoms with van der Waals surface area (Å²) in [6.07, 6.45) is 1.55. The van der Waals surface area contributed by atoms with Crippen molar-refractivity contribution in [3.63, 3.8) is 0 Å². The van der Waals surface area contributed by atoms with E-state index >= 15 is 0 Å². The molecule has 0 aromatic carbocycles. The average Bonchev–Trinajstić information content (AvgIpc) is 2.16. The zero-order chi connectivity index (χ0) is 12.6. The van der Waals surface area contributed by atoms with E-state index in [1.165, 1.54) is 0 Å². The lowest BCUT2D eigenvalue weighted by molar-refractivity contribution is -0.0436. The molecule has 0 saturated heterocycles. The molecule has 88 valence electrons. The highest BCUT2D eigenvalue weighted by Gasteiger charge is 2.47. The third-order valence-corrected chi connectivity index (χ3v) is 3.19. The number of carbonyl (C=O) groups is 1. The quantitative estimate of drug-likeness (QED) is 0.750. The first-order valence-corrected chi connectivity index (χ1v) is 5.42. The second-order valence-corrected chi connectivity index (χ2v) is 4.86. The molecule has 0 bridgehead atoms. The number of alkyl halides is 3. The minimum absolute atomic E-state index is 0.190. The number of ketones is 1. The van der Waals surface area contributed by atoms with Crippen LogP contribution < -0.4 is 0 Å². The molecule has 4 nitrogen and oxygen atoms in total. The topological polar surface area (TPSA) is 64.1 Å². The van der Waals surface area contributed by atoms with E-state index in [1.54, 1.807) is 0 Å². The molecule has 1 aromatic heterocycles. The highest BCUT2D eigenvalue weighted by Crippen LogP contribution is 2.29. The van der Waals surface area contributed by atoms with Crippen LogP contribution in [0, 0.1) is 0 Å². The predicted molar refractivity (Wildman–Crippen MR) is 47.5 cm³/mol. The monoisotopic (exact) mass is 253 g/mol. The number of carbonyl (C=O) groups excluding carboxylic acids is 1. The SMILES string of the molecule is CC(=O)c1cncc(S(=O)(=O)C(F)(F)F)c1. The summed E-state index contributed by atoms with van der Waals surface area (Å²) < 4.78 is 58.4. The lowest BCUT2D eigenvalue weighted by Gasteiger charge is -2.07. The minimum atomic E-state index is -5.45. The van der Waals surface area contributed by atoms with Gasteiger partial charge in [-0.1, -0.05) is 0 Å². The maximum atomic E-state index is 12.2. The van der Waals surface area contributed by atoms with Crippen molar-refractivity contribution in [2.24, 2.45) is 0 Å². The van der Waals surface area contributed by atoms with Crippen LogP contribution in [-0.4, -0.2) is 24.7 Å². The Morgan fingerprint density at radius 3 is 2.31 bits per heavy atom. The molecule has 0 radical (unpaired) electrons. The summed E-state index contributed by atoms with van der Waals surface area (Å²) in [5.74, 6) is -0.563. The highest BCUT2D eigenvalue weighted by molar-refractivity contribution is 7.92. The van der Waals surface area contributed by atoms with Crippen molar-refractivity contribution < 1.29 is 26.4 Å². The molecule has 0 atom stereocenters. The lowest BCUT2D eigenvalue weighted by Crippen LogP contribution is -2.23. The Morgan fingerprint density at radius 1 is 1.31 bits per heavy atom. The zero-order valence-corrected chi connectivity index (χ0v) is 8.76. The minimum Gasteiger partial charge on any atom is -0.294 e. The molecule has 0 aliphatic rings. The van der Waals surface area contributed by atoms with Crippen molar-refractivity contribution >= 4 is 15.6 Å². The molecule has 1 heterocycles. The average molecular weight is 253 g/mol. The van der Waals surface area contributed by atoms with Crippen LogP contribution in [0.4, 0.5) is 13.2 Å². The van der Waals surface area contributed by atoms with Gasteiger partial charge in [0.1, 0.15) is 0 Å². The zero-order valence-electron chi connectivity index (χ0n) is 7.95. The van der Waals surface area contributed by atoms with E-state index in [-0.39, 0.29) is 5.56 Å². The maximum Gasteiger partial charge on any atom is 0.501 e. The van der Waals surface area contributed by atoms with Gasteiger partial charge in [-0.05, 0) is 13.0 Å². The van der Waals surface area contributed by atoms with E-state index in [4.69, 9.17) is 0 Å². The number of pyridine rings is 1. The van der Waals surface area contributed by atoms with Gasteiger partial charge in [0.05, 0.1) is 4.90 Å². The van der Waals surface area contributed by atoms with Gasteiger partial charge in [-0.3, -0.25) is 9.78 Å². The van der Waals surface area contributed by atoms with E-state index in [0.29, 0.717) is 12.3 Å². The summed E-state index contributed by atoms with van der Waals surface area (Å²) in [5, 5.41) is 0. The van der Waals surface area contributed by atoms with Crippen molar-refractivity contribution in [3.8, 4) is 0 Å². The predicted octanol–water partition coefficient (Wildman–Crippen LogP) is 1.58. The number of sulfone groups is 1. The van der Waals surface area contributed by atoms with Crippen LogP contribution >= 0.6 is 0 Å². The first kappa shape index (κ1) is 12.6. The van der Waals surface area contributed by atoms with Gasteiger partial charge < -0.3 is 0 Å². The Morgan fingerprint density at radius 2 is 1.88 bits per heavy atom. The molecule has 16 heavy (non-hydrogen) atoms. The first-order valence-electron chi connectivity index (χ1n) is 3.93. The number of halogens is 3. The molecular formula is C8H6F3NO3S. The number of rotatable bonds is 2. The van der Waals surface area contributed by atoms with Gasteiger partial charge in [0.2, 0.25) is 0 Å². The molecule has 0 spiro atoms. The van der Waals surface area contributed by atoms with Crippen molar-refractivity contribution in [1.82, 2.24) is 4.98 Å². The third kappa shape index (κ3) is 2.21. The van der Waals surface area contributed by atoms with Gasteiger partial charge in [-0.2, -0.15) is 13.2 Å². The standard InChI is InChI=1S/C8H6F3NO3S/c1-5(13)6-2-7(4-12-3-6)16(14,15)8(9,10)11/h2-4H,1H3. The summed E-state index contributed by atoms with van der Waals surface area (Å²) in [5.41, 5.74) is -5.59. The van der Waals surface area contributed by atoms with E-state index in [1.807, 2.05) is 0 Å². The van der Waals surface area contributed by atoms with Gasteiger partial charge in [0, 0.05) is 18.0 Å². The normalized spacial score (nSPS) is 12.5. The summed E-state index contributed by atoms with van der Waals surface area (Å²) in [6.45, 7) is 1.10. The highest BCUT2D eigenvalue weighted by atomic mass is 32.2. The second kappa shape index (κ2) is 3.85. The fourth-order valence-corrected chi connectivity index (χ4v) is 1.64. The molecular weight excluding hydrogens is 247 g/mol. The lowest BCUT2D eigenvalue weighted by atomic mass is 10.2. The maximum absolute atomic E-state index is 12.2. The first-order chi connectivity index (χ1) is 7.16. The molecule has 0 aliphatic heterocycles. The molecule has 0 unspecified atom stereocenters. The fourth-order valence-electron chi connectivity index (χ4n) is 0.892. The van der Waals surface area contributed by atoms with Crippen molar-refractivity contribution in [3.05, 3.63) is 24.0 Å². The van der Waals surface area contributed by atoms with Gasteiger partial charge >= 0.3 is 5.51 Å². The van der Waals surface area contributed by atoms with Crippen LogP contribution in [0.15, 0.2) is 23.4 Å². The third-order valence-electron chi connectivity index (χ3n) is 1.73. The van der Waals surface area contributed by atoms with E-state index in [9.17, 15) is 26.4 Å². The second-order valence-electron chi connectivity index (χ2n) is 2.91. The van der Waals surface area contributed by atoms with Crippen LogP contribution in [0.1, 0.15) is 17.3 Å². The molecule has 0 aliphatic carbocycles. The van der Waals surface area contributed by atoms with Gasteiger partial charge in [-0.15, -0.1) is 0 Å². The van der Waals surface area contributed by atoms with Crippen LogP contribution in [0.3, 0.4) is 0 Å². The molecule has 1 rings (SSSR count). The largest absolute Gasteiger partial charge is 0.501 e. The van der Waals surface area contributed by atoms with E-state index in [2.05, 4.69) is 4.98 Å². The number of aromatic nitrogens is 1. The fraction of sp³-hybridized carbons (Fsp3) is 0.250. The Balaban J connectivity index is 3.36. The Hall–Kier alpha value is -1.44. The van der Waals surface area contributed by atoms with Crippen molar-refractivity contribution in [2.45, 2.75) is 17.3 Å². The Bertz CT molecular complexity index is 522. The van der Waals surface area contributed by atoms with Crippen LogP contribution in [0.2, 0.25) is 0 Å². The summed E-state index contributed by atoms with van der Waals surface area (Å²) >= 11 is 0. The van der Waals surface area contributed by atoms with Gasteiger partial charge in [0.15, 0.2) is 5.78 Å². The van der Waals surface area contributed by atoms with Crippen LogP contribution in [0.25, 0.3) is 0 Å². The molecule has 0 amide bonds. The number of hydrogen-bond acceptors (Lipinski definition) is 4. The van der Waals surface area contributed by atoms with Crippen LogP contribution in [-0.2, 0) is 9.84 Å². The Labute approximate surface area is 89.0 Å².